The van der Waals surface area contributed by atoms with Crippen molar-refractivity contribution in [3.05, 3.63) is 65.2 Å². The summed E-state index contributed by atoms with van der Waals surface area (Å²) in [5.74, 6) is 1.57. The first-order valence-corrected chi connectivity index (χ1v) is 8.71. The second-order valence-corrected chi connectivity index (χ2v) is 6.54. The Morgan fingerprint density at radius 2 is 1.76 bits per heavy atom. The van der Waals surface area contributed by atoms with Crippen molar-refractivity contribution in [3.63, 3.8) is 0 Å². The number of hydrogen-bond donors (Lipinski definition) is 1. The van der Waals surface area contributed by atoms with Gasteiger partial charge >= 0.3 is 0 Å². The van der Waals surface area contributed by atoms with Crippen LogP contribution in [0, 0.1) is 0 Å². The van der Waals surface area contributed by atoms with Crippen LogP contribution >= 0.6 is 11.6 Å². The summed E-state index contributed by atoms with van der Waals surface area (Å²) in [6.07, 6.45) is 0.121. The third-order valence-corrected chi connectivity index (χ3v) is 4.28. The van der Waals surface area contributed by atoms with Gasteiger partial charge in [-0.05, 0) is 48.9 Å². The number of ether oxygens (including phenoxy) is 2. The summed E-state index contributed by atoms with van der Waals surface area (Å²) < 4.78 is 11.2. The maximum Gasteiger partial charge on any atom is 0.137 e. The molecule has 0 fully saturated rings. The fraction of sp³-hybridized carbons (Fsp3) is 0.238. The van der Waals surface area contributed by atoms with Crippen molar-refractivity contribution in [3.8, 4) is 11.5 Å². The topological polar surface area (TPSA) is 30.5 Å². The SMILES string of the molecule is COc1ccc(NCc2c(OC(C)C)ccc3ccccc23)cc1Cl. The van der Waals surface area contributed by atoms with Crippen LogP contribution in [0.2, 0.25) is 5.02 Å². The van der Waals surface area contributed by atoms with Gasteiger partial charge in [-0.25, -0.2) is 0 Å². The van der Waals surface area contributed by atoms with Gasteiger partial charge in [0.15, 0.2) is 0 Å². The third kappa shape index (κ3) is 3.99. The number of rotatable bonds is 6. The van der Waals surface area contributed by atoms with Gasteiger partial charge < -0.3 is 14.8 Å². The number of methoxy groups -OCH3 is 1. The fourth-order valence-corrected chi connectivity index (χ4v) is 3.09. The molecule has 0 aliphatic carbocycles. The Kier molecular flexibility index (Phi) is 5.34. The van der Waals surface area contributed by atoms with E-state index in [-0.39, 0.29) is 6.10 Å². The number of hydrogen-bond acceptors (Lipinski definition) is 3. The highest BCUT2D eigenvalue weighted by molar-refractivity contribution is 6.32. The lowest BCUT2D eigenvalue weighted by molar-refractivity contribution is 0.240. The minimum absolute atomic E-state index is 0.121. The average molecular weight is 356 g/mol. The standard InChI is InChI=1S/C21H22ClNO2/c1-14(2)25-20-10-8-15-6-4-5-7-17(15)18(20)13-23-16-9-11-21(24-3)19(22)12-16/h4-12,14,23H,13H2,1-3H3. The van der Waals surface area contributed by atoms with Crippen LogP contribution in [0.1, 0.15) is 19.4 Å². The van der Waals surface area contributed by atoms with Crippen LogP contribution in [0.25, 0.3) is 10.8 Å². The molecule has 0 aliphatic heterocycles. The first-order valence-electron chi connectivity index (χ1n) is 8.33. The molecule has 0 radical (unpaired) electrons. The van der Waals surface area contributed by atoms with Crippen LogP contribution < -0.4 is 14.8 Å². The van der Waals surface area contributed by atoms with Gasteiger partial charge in [0.1, 0.15) is 11.5 Å². The number of nitrogens with one attached hydrogen (secondary N) is 1. The molecule has 0 heterocycles. The van der Waals surface area contributed by atoms with Gasteiger partial charge in [-0.2, -0.15) is 0 Å². The Morgan fingerprint density at radius 1 is 1.00 bits per heavy atom. The Balaban J connectivity index is 1.92. The van der Waals surface area contributed by atoms with Crippen molar-refractivity contribution in [2.75, 3.05) is 12.4 Å². The van der Waals surface area contributed by atoms with Gasteiger partial charge in [0, 0.05) is 17.8 Å². The van der Waals surface area contributed by atoms with E-state index in [1.807, 2.05) is 44.2 Å². The first kappa shape index (κ1) is 17.4. The normalized spacial score (nSPS) is 10.9. The molecule has 3 aromatic carbocycles. The lowest BCUT2D eigenvalue weighted by Gasteiger charge is -2.18. The summed E-state index contributed by atoms with van der Waals surface area (Å²) in [6.45, 7) is 4.72. The molecule has 25 heavy (non-hydrogen) atoms. The van der Waals surface area contributed by atoms with E-state index in [0.29, 0.717) is 17.3 Å². The zero-order valence-electron chi connectivity index (χ0n) is 14.7. The molecule has 1 N–H and O–H groups in total. The maximum absolute atomic E-state index is 6.22. The van der Waals surface area contributed by atoms with Gasteiger partial charge in [0.05, 0.1) is 18.2 Å². The second-order valence-electron chi connectivity index (χ2n) is 6.13. The molecule has 0 spiro atoms. The average Bonchev–Trinajstić information content (AvgIpc) is 2.60. The van der Waals surface area contributed by atoms with Crippen molar-refractivity contribution in [2.45, 2.75) is 26.5 Å². The second kappa shape index (κ2) is 7.66. The van der Waals surface area contributed by atoms with E-state index in [9.17, 15) is 0 Å². The van der Waals surface area contributed by atoms with Crippen LogP contribution in [-0.2, 0) is 6.54 Å². The molecule has 0 bridgehead atoms. The van der Waals surface area contributed by atoms with Crippen molar-refractivity contribution in [1.82, 2.24) is 0 Å². The van der Waals surface area contributed by atoms with Crippen LogP contribution in [0.3, 0.4) is 0 Å². The summed E-state index contributed by atoms with van der Waals surface area (Å²) >= 11 is 6.22. The van der Waals surface area contributed by atoms with Crippen molar-refractivity contribution < 1.29 is 9.47 Å². The summed E-state index contributed by atoms with van der Waals surface area (Å²) in [5.41, 5.74) is 2.08. The highest BCUT2D eigenvalue weighted by Crippen LogP contribution is 2.31. The molecular weight excluding hydrogens is 334 g/mol. The molecule has 3 nitrogen and oxygen atoms in total. The molecule has 0 amide bonds. The number of benzene rings is 3. The Labute approximate surface area is 153 Å². The predicted octanol–water partition coefficient (Wildman–Crippen LogP) is 5.90. The third-order valence-electron chi connectivity index (χ3n) is 3.98. The monoisotopic (exact) mass is 355 g/mol. The van der Waals surface area contributed by atoms with Crippen LogP contribution in [0.5, 0.6) is 11.5 Å². The lowest BCUT2D eigenvalue weighted by Crippen LogP contribution is -2.10. The molecule has 0 aromatic heterocycles. The van der Waals surface area contributed by atoms with E-state index < -0.39 is 0 Å². The number of fused-ring (bicyclic) bond motifs is 1. The zero-order chi connectivity index (χ0) is 17.8. The zero-order valence-corrected chi connectivity index (χ0v) is 15.4. The van der Waals surface area contributed by atoms with Gasteiger partial charge in [-0.15, -0.1) is 0 Å². The van der Waals surface area contributed by atoms with Gasteiger partial charge in [0.2, 0.25) is 0 Å². The molecule has 4 heteroatoms. The summed E-state index contributed by atoms with van der Waals surface area (Å²) in [6, 6.07) is 18.2. The molecule has 0 atom stereocenters. The van der Waals surface area contributed by atoms with Crippen molar-refractivity contribution in [1.29, 1.82) is 0 Å². The first-order chi connectivity index (χ1) is 12.1. The van der Waals surface area contributed by atoms with E-state index in [2.05, 4.69) is 29.6 Å². The van der Waals surface area contributed by atoms with Gasteiger partial charge in [-0.3, -0.25) is 0 Å². The predicted molar refractivity (Wildman–Crippen MR) is 105 cm³/mol. The molecular formula is C21H22ClNO2. The molecule has 130 valence electrons. The molecule has 0 unspecified atom stereocenters. The summed E-state index contributed by atoms with van der Waals surface area (Å²) in [7, 11) is 1.61. The number of anilines is 1. The largest absolute Gasteiger partial charge is 0.495 e. The van der Waals surface area contributed by atoms with E-state index in [1.165, 1.54) is 10.8 Å². The molecule has 0 aliphatic rings. The van der Waals surface area contributed by atoms with Gasteiger partial charge in [0.25, 0.3) is 0 Å². The van der Waals surface area contributed by atoms with Crippen molar-refractivity contribution in [2.24, 2.45) is 0 Å². The van der Waals surface area contributed by atoms with Gasteiger partial charge in [-0.1, -0.05) is 41.9 Å². The molecule has 0 saturated carbocycles. The van der Waals surface area contributed by atoms with E-state index in [4.69, 9.17) is 21.1 Å². The Hall–Kier alpha value is -2.39. The van der Waals surface area contributed by atoms with E-state index >= 15 is 0 Å². The Bertz CT molecular complexity index is 877. The Morgan fingerprint density at radius 3 is 2.48 bits per heavy atom. The van der Waals surface area contributed by atoms with E-state index in [0.717, 1.165) is 17.0 Å². The number of halogens is 1. The highest BCUT2D eigenvalue weighted by atomic mass is 35.5. The van der Waals surface area contributed by atoms with Crippen molar-refractivity contribution >= 4 is 28.1 Å². The summed E-state index contributed by atoms with van der Waals surface area (Å²) in [5, 5.41) is 6.41. The lowest BCUT2D eigenvalue weighted by atomic mass is 10.0. The van der Waals surface area contributed by atoms with Crippen LogP contribution in [-0.4, -0.2) is 13.2 Å². The van der Waals surface area contributed by atoms with E-state index in [1.54, 1.807) is 7.11 Å². The van der Waals surface area contributed by atoms with Crippen LogP contribution in [0.15, 0.2) is 54.6 Å². The quantitative estimate of drug-likeness (QED) is 0.597. The highest BCUT2D eigenvalue weighted by Gasteiger charge is 2.11. The molecule has 3 aromatic rings. The minimum Gasteiger partial charge on any atom is -0.495 e. The minimum atomic E-state index is 0.121. The molecule has 0 saturated heterocycles. The summed E-state index contributed by atoms with van der Waals surface area (Å²) in [4.78, 5) is 0. The van der Waals surface area contributed by atoms with Crippen LogP contribution in [0.4, 0.5) is 5.69 Å². The maximum atomic E-state index is 6.22. The molecule has 3 rings (SSSR count). The smallest absolute Gasteiger partial charge is 0.137 e. The fourth-order valence-electron chi connectivity index (χ4n) is 2.83.